The molecule has 1 rings (SSSR count). The van der Waals surface area contributed by atoms with E-state index in [0.717, 1.165) is 18.6 Å². The Labute approximate surface area is 90.6 Å². The minimum Gasteiger partial charge on any atom is -0.494 e. The fourth-order valence-corrected chi connectivity index (χ4v) is 1.22. The number of carbonyl (C=O) groups is 1. The van der Waals surface area contributed by atoms with Gasteiger partial charge >= 0.3 is 0 Å². The molecule has 0 amide bonds. The fraction of sp³-hybridized carbons (Fsp3) is 0.308. The van der Waals surface area contributed by atoms with E-state index >= 15 is 0 Å². The van der Waals surface area contributed by atoms with Gasteiger partial charge in [0.25, 0.3) is 0 Å². The summed E-state index contributed by atoms with van der Waals surface area (Å²) in [5.74, 6) is 0.818. The average molecular weight is 204 g/mol. The first-order valence-corrected chi connectivity index (χ1v) is 5.08. The Kier molecular flexibility index (Phi) is 4.61. The van der Waals surface area contributed by atoms with Crippen molar-refractivity contribution in [1.82, 2.24) is 0 Å². The first kappa shape index (κ1) is 11.5. The van der Waals surface area contributed by atoms with Gasteiger partial charge in [0.2, 0.25) is 0 Å². The molecule has 0 aliphatic heterocycles. The van der Waals surface area contributed by atoms with Crippen LogP contribution in [0.25, 0.3) is 0 Å². The van der Waals surface area contributed by atoms with Gasteiger partial charge in [-0.15, -0.1) is 6.58 Å². The van der Waals surface area contributed by atoms with Crippen molar-refractivity contribution >= 4 is 5.78 Å². The number of hydrogen-bond acceptors (Lipinski definition) is 2. The van der Waals surface area contributed by atoms with Crippen LogP contribution in [-0.4, -0.2) is 12.4 Å². The molecule has 0 heterocycles. The van der Waals surface area contributed by atoms with Gasteiger partial charge in [-0.3, -0.25) is 4.79 Å². The topological polar surface area (TPSA) is 26.3 Å². The second-order valence-electron chi connectivity index (χ2n) is 3.36. The average Bonchev–Trinajstić information content (AvgIpc) is 2.25. The molecule has 0 saturated carbocycles. The van der Waals surface area contributed by atoms with Crippen LogP contribution in [0.15, 0.2) is 36.9 Å². The Morgan fingerprint density at radius 3 is 3.00 bits per heavy atom. The quantitative estimate of drug-likeness (QED) is 0.404. The zero-order chi connectivity index (χ0) is 11.1. The highest BCUT2D eigenvalue weighted by molar-refractivity contribution is 5.94. The molecule has 0 aliphatic rings. The number of allylic oxidation sites excluding steroid dienone is 1. The van der Waals surface area contributed by atoms with Gasteiger partial charge in [0.1, 0.15) is 5.75 Å². The van der Waals surface area contributed by atoms with Gasteiger partial charge < -0.3 is 4.74 Å². The van der Waals surface area contributed by atoms with E-state index in [9.17, 15) is 4.79 Å². The maximum Gasteiger partial charge on any atom is 0.159 e. The molecule has 0 N–H and O–H groups in total. The third kappa shape index (κ3) is 3.98. The van der Waals surface area contributed by atoms with Crippen molar-refractivity contribution in [3.8, 4) is 5.75 Å². The number of benzene rings is 1. The molecule has 0 saturated heterocycles. The summed E-state index contributed by atoms with van der Waals surface area (Å²) in [6.45, 7) is 5.85. The number of ketones is 1. The number of Topliss-reactive ketones (excluding diaryl/α,β-unsaturated/α-hetero) is 1. The lowest BCUT2D eigenvalue weighted by molar-refractivity contribution is 0.101. The predicted molar refractivity (Wildman–Crippen MR) is 61.4 cm³/mol. The van der Waals surface area contributed by atoms with Crippen molar-refractivity contribution in [3.05, 3.63) is 42.5 Å². The van der Waals surface area contributed by atoms with Gasteiger partial charge in [-0.1, -0.05) is 18.2 Å². The standard InChI is InChI=1S/C13H16O2/c1-3-4-5-9-15-13-8-6-7-12(10-13)11(2)14/h3,6-8,10H,1,4-5,9H2,2H3. The molecule has 0 bridgehead atoms. The minimum absolute atomic E-state index is 0.0616. The van der Waals surface area contributed by atoms with Crippen molar-refractivity contribution in [2.45, 2.75) is 19.8 Å². The Balaban J connectivity index is 2.50. The van der Waals surface area contributed by atoms with Crippen molar-refractivity contribution in [2.75, 3.05) is 6.61 Å². The van der Waals surface area contributed by atoms with E-state index in [4.69, 9.17) is 4.74 Å². The molecule has 0 unspecified atom stereocenters. The van der Waals surface area contributed by atoms with Crippen molar-refractivity contribution in [1.29, 1.82) is 0 Å². The lowest BCUT2D eigenvalue weighted by atomic mass is 10.1. The molecule has 80 valence electrons. The monoisotopic (exact) mass is 204 g/mol. The zero-order valence-electron chi connectivity index (χ0n) is 9.03. The second kappa shape index (κ2) is 6.02. The van der Waals surface area contributed by atoms with E-state index in [-0.39, 0.29) is 5.78 Å². The Bertz CT molecular complexity index is 342. The summed E-state index contributed by atoms with van der Waals surface area (Å²) >= 11 is 0. The molecule has 0 atom stereocenters. The molecule has 15 heavy (non-hydrogen) atoms. The maximum atomic E-state index is 11.1. The predicted octanol–water partition coefficient (Wildman–Crippen LogP) is 3.23. The van der Waals surface area contributed by atoms with Crippen LogP contribution in [0.1, 0.15) is 30.1 Å². The molecule has 1 aromatic carbocycles. The third-order valence-electron chi connectivity index (χ3n) is 2.06. The smallest absolute Gasteiger partial charge is 0.159 e. The molecule has 0 aliphatic carbocycles. The first-order valence-electron chi connectivity index (χ1n) is 5.08. The molecular formula is C13H16O2. The van der Waals surface area contributed by atoms with E-state index in [1.807, 2.05) is 18.2 Å². The van der Waals surface area contributed by atoms with Crippen molar-refractivity contribution in [3.63, 3.8) is 0 Å². The van der Waals surface area contributed by atoms with Crippen molar-refractivity contribution in [2.24, 2.45) is 0 Å². The van der Waals surface area contributed by atoms with Crippen LogP contribution in [0, 0.1) is 0 Å². The second-order valence-corrected chi connectivity index (χ2v) is 3.36. The van der Waals surface area contributed by atoms with Gasteiger partial charge in [-0.05, 0) is 31.9 Å². The fourth-order valence-electron chi connectivity index (χ4n) is 1.22. The molecular weight excluding hydrogens is 188 g/mol. The van der Waals surface area contributed by atoms with Crippen LogP contribution in [0.5, 0.6) is 5.75 Å². The molecule has 0 aromatic heterocycles. The normalized spacial score (nSPS) is 9.67. The molecule has 2 heteroatoms. The van der Waals surface area contributed by atoms with E-state index in [1.165, 1.54) is 0 Å². The van der Waals surface area contributed by atoms with Crippen LogP contribution in [0.4, 0.5) is 0 Å². The summed E-state index contributed by atoms with van der Waals surface area (Å²) in [4.78, 5) is 11.1. The highest BCUT2D eigenvalue weighted by Crippen LogP contribution is 2.14. The van der Waals surface area contributed by atoms with Crippen LogP contribution in [-0.2, 0) is 0 Å². The Morgan fingerprint density at radius 2 is 2.33 bits per heavy atom. The summed E-state index contributed by atoms with van der Waals surface area (Å²) in [5, 5.41) is 0. The van der Waals surface area contributed by atoms with E-state index < -0.39 is 0 Å². The van der Waals surface area contributed by atoms with Crippen LogP contribution in [0.2, 0.25) is 0 Å². The Morgan fingerprint density at radius 1 is 1.53 bits per heavy atom. The Hall–Kier alpha value is -1.57. The summed E-state index contributed by atoms with van der Waals surface area (Å²) in [6.07, 6.45) is 3.77. The first-order chi connectivity index (χ1) is 7.24. The van der Waals surface area contributed by atoms with E-state index in [0.29, 0.717) is 12.2 Å². The highest BCUT2D eigenvalue weighted by Gasteiger charge is 2.00. The van der Waals surface area contributed by atoms with Gasteiger partial charge in [0, 0.05) is 5.56 Å². The summed E-state index contributed by atoms with van der Waals surface area (Å²) < 4.78 is 5.50. The molecule has 0 spiro atoms. The SMILES string of the molecule is C=CCCCOc1cccc(C(C)=O)c1. The van der Waals surface area contributed by atoms with E-state index in [2.05, 4.69) is 6.58 Å². The number of ether oxygens (including phenoxy) is 1. The largest absolute Gasteiger partial charge is 0.494 e. The minimum atomic E-state index is 0.0616. The number of hydrogen-bond donors (Lipinski definition) is 0. The van der Waals surface area contributed by atoms with E-state index in [1.54, 1.807) is 19.1 Å². The van der Waals surface area contributed by atoms with Gasteiger partial charge in [0.05, 0.1) is 6.61 Å². The number of unbranched alkanes of at least 4 members (excludes halogenated alkanes) is 1. The summed E-state index contributed by atoms with van der Waals surface area (Å²) in [5.41, 5.74) is 0.691. The number of carbonyl (C=O) groups excluding carboxylic acids is 1. The molecule has 1 aromatic rings. The van der Waals surface area contributed by atoms with Crippen LogP contribution >= 0.6 is 0 Å². The number of rotatable bonds is 6. The van der Waals surface area contributed by atoms with Crippen LogP contribution < -0.4 is 4.74 Å². The van der Waals surface area contributed by atoms with Crippen molar-refractivity contribution < 1.29 is 9.53 Å². The maximum absolute atomic E-state index is 11.1. The zero-order valence-corrected chi connectivity index (χ0v) is 9.03. The van der Waals surface area contributed by atoms with Crippen LogP contribution in [0.3, 0.4) is 0 Å². The molecule has 2 nitrogen and oxygen atoms in total. The lowest BCUT2D eigenvalue weighted by Crippen LogP contribution is -1.98. The van der Waals surface area contributed by atoms with Gasteiger partial charge in [-0.2, -0.15) is 0 Å². The summed E-state index contributed by atoms with van der Waals surface area (Å²) in [7, 11) is 0. The third-order valence-corrected chi connectivity index (χ3v) is 2.06. The highest BCUT2D eigenvalue weighted by atomic mass is 16.5. The van der Waals surface area contributed by atoms with Gasteiger partial charge in [0.15, 0.2) is 5.78 Å². The molecule has 0 radical (unpaired) electrons. The molecule has 0 fully saturated rings. The van der Waals surface area contributed by atoms with Gasteiger partial charge in [-0.25, -0.2) is 0 Å². The summed E-state index contributed by atoms with van der Waals surface area (Å²) in [6, 6.07) is 7.26. The lowest BCUT2D eigenvalue weighted by Gasteiger charge is -2.05.